The average Bonchev–Trinajstić information content (AvgIpc) is 2.59. The normalized spacial score (nSPS) is 10.6. The van der Waals surface area contributed by atoms with Gasteiger partial charge in [0.25, 0.3) is 0 Å². The minimum absolute atomic E-state index is 0.133. The molecule has 0 unspecified atom stereocenters. The van der Waals surface area contributed by atoms with Gasteiger partial charge < -0.3 is 14.8 Å². The van der Waals surface area contributed by atoms with Crippen molar-refractivity contribution in [2.24, 2.45) is 0 Å². The predicted molar refractivity (Wildman–Crippen MR) is 96.3 cm³/mol. The zero-order valence-corrected chi connectivity index (χ0v) is 14.1. The molecule has 0 aliphatic heterocycles. The van der Waals surface area contributed by atoms with Gasteiger partial charge in [-0.2, -0.15) is 0 Å². The van der Waals surface area contributed by atoms with Gasteiger partial charge in [0.05, 0.1) is 13.2 Å². The van der Waals surface area contributed by atoms with Crippen molar-refractivity contribution in [1.29, 1.82) is 0 Å². The van der Waals surface area contributed by atoms with Crippen molar-refractivity contribution in [2.45, 2.75) is 13.8 Å². The van der Waals surface area contributed by atoms with Gasteiger partial charge in [0.1, 0.15) is 18.1 Å². The third-order valence-corrected chi connectivity index (χ3v) is 3.27. The number of carbonyl (C=O) groups is 1. The van der Waals surface area contributed by atoms with Crippen LogP contribution in [-0.2, 0) is 4.79 Å². The lowest BCUT2D eigenvalue weighted by molar-refractivity contribution is -0.116. The van der Waals surface area contributed by atoms with E-state index in [2.05, 4.69) is 5.32 Å². The molecule has 1 N–H and O–H groups in total. The number of amides is 1. The standard InChI is InChI=1S/C20H23NO3/c1-3-23-18-8-10-19(11-9-18)24-14-13-21-20(22)12-7-17-6-4-5-16(2)15-17/h4-12,15H,3,13-14H2,1-2H3,(H,21,22)/b12-7+. The molecule has 4 heteroatoms. The van der Waals surface area contributed by atoms with Crippen LogP contribution in [0.1, 0.15) is 18.1 Å². The SMILES string of the molecule is CCOc1ccc(OCCNC(=O)/C=C/c2cccc(C)c2)cc1. The third kappa shape index (κ3) is 6.16. The molecule has 0 heterocycles. The van der Waals surface area contributed by atoms with Gasteiger partial charge in [-0.1, -0.05) is 29.8 Å². The van der Waals surface area contributed by atoms with E-state index < -0.39 is 0 Å². The van der Waals surface area contributed by atoms with E-state index in [1.807, 2.05) is 62.4 Å². The molecule has 0 aliphatic carbocycles. The molecule has 0 atom stereocenters. The first-order valence-electron chi connectivity index (χ1n) is 8.05. The van der Waals surface area contributed by atoms with Gasteiger partial charge >= 0.3 is 0 Å². The molecule has 24 heavy (non-hydrogen) atoms. The maximum absolute atomic E-state index is 11.8. The van der Waals surface area contributed by atoms with Gasteiger partial charge in [-0.3, -0.25) is 4.79 Å². The summed E-state index contributed by atoms with van der Waals surface area (Å²) in [6, 6.07) is 15.4. The number of hydrogen-bond acceptors (Lipinski definition) is 3. The lowest BCUT2D eigenvalue weighted by Crippen LogP contribution is -2.26. The minimum Gasteiger partial charge on any atom is -0.494 e. The molecule has 0 fully saturated rings. The molecule has 0 bridgehead atoms. The first kappa shape index (κ1) is 17.6. The number of aryl methyl sites for hydroxylation is 1. The summed E-state index contributed by atoms with van der Waals surface area (Å²) < 4.78 is 10.9. The Morgan fingerprint density at radius 2 is 1.79 bits per heavy atom. The molecule has 2 aromatic rings. The summed E-state index contributed by atoms with van der Waals surface area (Å²) in [5.41, 5.74) is 2.18. The quantitative estimate of drug-likeness (QED) is 0.596. The Balaban J connectivity index is 1.69. The fraction of sp³-hybridized carbons (Fsp3) is 0.250. The van der Waals surface area contributed by atoms with E-state index in [0.717, 1.165) is 17.1 Å². The summed E-state index contributed by atoms with van der Waals surface area (Å²) in [4.78, 5) is 11.8. The monoisotopic (exact) mass is 325 g/mol. The Labute approximate surface area is 143 Å². The lowest BCUT2D eigenvalue weighted by Gasteiger charge is -2.08. The van der Waals surface area contributed by atoms with E-state index in [9.17, 15) is 4.79 Å². The van der Waals surface area contributed by atoms with Crippen molar-refractivity contribution in [2.75, 3.05) is 19.8 Å². The van der Waals surface area contributed by atoms with Crippen molar-refractivity contribution < 1.29 is 14.3 Å². The summed E-state index contributed by atoms with van der Waals surface area (Å²) in [5, 5.41) is 2.79. The number of ether oxygens (including phenoxy) is 2. The van der Waals surface area contributed by atoms with Gasteiger partial charge in [-0.15, -0.1) is 0 Å². The van der Waals surface area contributed by atoms with E-state index in [4.69, 9.17) is 9.47 Å². The fourth-order valence-electron chi connectivity index (χ4n) is 2.15. The molecule has 4 nitrogen and oxygen atoms in total. The van der Waals surface area contributed by atoms with Crippen LogP contribution in [0.15, 0.2) is 54.6 Å². The van der Waals surface area contributed by atoms with Crippen LogP contribution < -0.4 is 14.8 Å². The maximum atomic E-state index is 11.8. The summed E-state index contributed by atoms with van der Waals surface area (Å²) in [6.45, 7) is 5.47. The Hall–Kier alpha value is -2.75. The molecule has 0 aromatic heterocycles. The second kappa shape index (κ2) is 9.40. The Morgan fingerprint density at radius 3 is 2.46 bits per heavy atom. The summed E-state index contributed by atoms with van der Waals surface area (Å²) in [5.74, 6) is 1.44. The maximum Gasteiger partial charge on any atom is 0.244 e. The van der Waals surface area contributed by atoms with Crippen molar-refractivity contribution in [1.82, 2.24) is 5.32 Å². The number of rotatable bonds is 8. The Kier molecular flexibility index (Phi) is 6.90. The molecule has 2 aromatic carbocycles. The van der Waals surface area contributed by atoms with Crippen LogP contribution in [-0.4, -0.2) is 25.7 Å². The van der Waals surface area contributed by atoms with Gasteiger partial charge in [0.2, 0.25) is 5.91 Å². The molecule has 0 spiro atoms. The molecular weight excluding hydrogens is 302 g/mol. The Morgan fingerprint density at radius 1 is 1.08 bits per heavy atom. The number of hydrogen-bond donors (Lipinski definition) is 1. The number of benzene rings is 2. The van der Waals surface area contributed by atoms with Crippen LogP contribution in [0, 0.1) is 6.92 Å². The highest BCUT2D eigenvalue weighted by molar-refractivity contribution is 5.91. The van der Waals surface area contributed by atoms with Gasteiger partial charge in [0.15, 0.2) is 0 Å². The predicted octanol–water partition coefficient (Wildman–Crippen LogP) is 3.60. The molecule has 0 saturated heterocycles. The molecule has 0 saturated carbocycles. The topological polar surface area (TPSA) is 47.6 Å². The van der Waals surface area contributed by atoms with Crippen LogP contribution >= 0.6 is 0 Å². The van der Waals surface area contributed by atoms with Crippen molar-refractivity contribution in [3.63, 3.8) is 0 Å². The van der Waals surface area contributed by atoms with Gasteiger partial charge in [-0.25, -0.2) is 0 Å². The molecule has 0 radical (unpaired) electrons. The van der Waals surface area contributed by atoms with E-state index in [0.29, 0.717) is 19.8 Å². The first-order valence-corrected chi connectivity index (χ1v) is 8.05. The van der Waals surface area contributed by atoms with Crippen molar-refractivity contribution >= 4 is 12.0 Å². The number of carbonyl (C=O) groups excluding carboxylic acids is 1. The van der Waals surface area contributed by atoms with Crippen LogP contribution in [0.4, 0.5) is 0 Å². The first-order chi connectivity index (χ1) is 11.7. The summed E-state index contributed by atoms with van der Waals surface area (Å²) >= 11 is 0. The largest absolute Gasteiger partial charge is 0.494 e. The van der Waals surface area contributed by atoms with Crippen molar-refractivity contribution in [3.8, 4) is 11.5 Å². The second-order valence-corrected chi connectivity index (χ2v) is 5.29. The lowest BCUT2D eigenvalue weighted by atomic mass is 10.1. The van der Waals surface area contributed by atoms with Gasteiger partial charge in [-0.05, 0) is 49.8 Å². The van der Waals surface area contributed by atoms with Crippen molar-refractivity contribution in [3.05, 3.63) is 65.7 Å². The highest BCUT2D eigenvalue weighted by Crippen LogP contribution is 2.17. The van der Waals surface area contributed by atoms with Crippen LogP contribution in [0.5, 0.6) is 11.5 Å². The van der Waals surface area contributed by atoms with E-state index >= 15 is 0 Å². The number of nitrogens with one attached hydrogen (secondary N) is 1. The zero-order chi connectivity index (χ0) is 17.2. The highest BCUT2D eigenvalue weighted by Gasteiger charge is 1.98. The van der Waals surface area contributed by atoms with E-state index in [1.54, 1.807) is 6.08 Å². The molecular formula is C20H23NO3. The average molecular weight is 325 g/mol. The van der Waals surface area contributed by atoms with Crippen LogP contribution in [0.25, 0.3) is 6.08 Å². The van der Waals surface area contributed by atoms with Gasteiger partial charge in [0, 0.05) is 6.08 Å². The second-order valence-electron chi connectivity index (χ2n) is 5.29. The highest BCUT2D eigenvalue weighted by atomic mass is 16.5. The van der Waals surface area contributed by atoms with Crippen LogP contribution in [0.2, 0.25) is 0 Å². The van der Waals surface area contributed by atoms with E-state index in [-0.39, 0.29) is 5.91 Å². The minimum atomic E-state index is -0.133. The smallest absolute Gasteiger partial charge is 0.244 e. The molecule has 126 valence electrons. The fourth-order valence-corrected chi connectivity index (χ4v) is 2.15. The summed E-state index contributed by atoms with van der Waals surface area (Å²) in [7, 11) is 0. The zero-order valence-electron chi connectivity index (χ0n) is 14.1. The third-order valence-electron chi connectivity index (χ3n) is 3.27. The molecule has 1 amide bonds. The molecule has 0 aliphatic rings. The van der Waals surface area contributed by atoms with E-state index in [1.165, 1.54) is 11.6 Å². The molecule has 2 rings (SSSR count). The Bertz CT molecular complexity index is 678. The van der Waals surface area contributed by atoms with Crippen LogP contribution in [0.3, 0.4) is 0 Å². The summed E-state index contributed by atoms with van der Waals surface area (Å²) in [6.07, 6.45) is 3.33.